The maximum absolute atomic E-state index is 13.6. The van der Waals surface area contributed by atoms with Gasteiger partial charge in [0.15, 0.2) is 0 Å². The van der Waals surface area contributed by atoms with Crippen LogP contribution < -0.4 is 0 Å². The van der Waals surface area contributed by atoms with Crippen molar-refractivity contribution < 1.29 is 35.9 Å². The van der Waals surface area contributed by atoms with E-state index in [1.807, 2.05) is 42.5 Å². The molecule has 45 heavy (non-hydrogen) atoms. The van der Waals surface area contributed by atoms with Gasteiger partial charge < -0.3 is 9.64 Å². The summed E-state index contributed by atoms with van der Waals surface area (Å²) in [5.41, 5.74) is -2.75. The zero-order valence-electron chi connectivity index (χ0n) is 24.2. The molecule has 1 atom stereocenters. The molecule has 2 aliphatic rings. The molecule has 2 fully saturated rings. The molecule has 0 aliphatic carbocycles. The second kappa shape index (κ2) is 15.5. The Hall–Kier alpha value is -3.01. The van der Waals surface area contributed by atoms with Crippen LogP contribution >= 0.6 is 24.8 Å². The van der Waals surface area contributed by atoms with Crippen molar-refractivity contribution in [1.82, 2.24) is 14.7 Å². The van der Waals surface area contributed by atoms with E-state index >= 15 is 0 Å². The minimum Gasteiger partial charge on any atom is -0.379 e. The third-order valence-corrected chi connectivity index (χ3v) is 7.78. The maximum Gasteiger partial charge on any atom is 0.416 e. The molecule has 5 rings (SSSR count). The van der Waals surface area contributed by atoms with Crippen LogP contribution in [0.4, 0.5) is 26.3 Å². The van der Waals surface area contributed by atoms with Gasteiger partial charge in [-0.2, -0.15) is 26.3 Å². The normalized spacial score (nSPS) is 18.0. The summed E-state index contributed by atoms with van der Waals surface area (Å²) in [5, 5.41) is 2.02. The molecule has 0 spiro atoms. The average molecular weight is 677 g/mol. The quantitative estimate of drug-likeness (QED) is 0.231. The highest BCUT2D eigenvalue weighted by Gasteiger charge is 2.39. The van der Waals surface area contributed by atoms with Crippen molar-refractivity contribution in [2.45, 2.75) is 24.8 Å². The largest absolute Gasteiger partial charge is 0.416 e. The fourth-order valence-electron chi connectivity index (χ4n) is 5.48. The predicted octanol–water partition coefficient (Wildman–Crippen LogP) is 6.43. The Morgan fingerprint density at radius 3 is 1.98 bits per heavy atom. The summed E-state index contributed by atoms with van der Waals surface area (Å²) in [5.74, 6) is 5.49. The Bertz CT molecular complexity index is 1480. The number of nitrogens with zero attached hydrogens (tertiary/aromatic N) is 3. The molecule has 0 saturated carbocycles. The summed E-state index contributed by atoms with van der Waals surface area (Å²) in [7, 11) is 0. The molecule has 0 radical (unpaired) electrons. The Labute approximate surface area is 270 Å². The fourth-order valence-corrected chi connectivity index (χ4v) is 5.48. The lowest BCUT2D eigenvalue weighted by molar-refractivity contribution is -0.143. The first-order valence-corrected chi connectivity index (χ1v) is 14.0. The van der Waals surface area contributed by atoms with E-state index in [9.17, 15) is 31.1 Å². The van der Waals surface area contributed by atoms with Crippen molar-refractivity contribution in [3.8, 4) is 11.8 Å². The van der Waals surface area contributed by atoms with Crippen molar-refractivity contribution in [1.29, 1.82) is 0 Å². The zero-order valence-corrected chi connectivity index (χ0v) is 25.8. The Morgan fingerprint density at radius 1 is 0.756 bits per heavy atom. The third-order valence-electron chi connectivity index (χ3n) is 7.78. The van der Waals surface area contributed by atoms with E-state index in [2.05, 4.69) is 21.6 Å². The summed E-state index contributed by atoms with van der Waals surface area (Å²) < 4.78 is 86.5. The van der Waals surface area contributed by atoms with Crippen LogP contribution in [0.2, 0.25) is 0 Å². The molecule has 1 amide bonds. The van der Waals surface area contributed by atoms with Crippen LogP contribution in [0, 0.1) is 11.8 Å². The number of piperazine rings is 1. The summed E-state index contributed by atoms with van der Waals surface area (Å²) in [6.07, 6.45) is -9.71. The smallest absolute Gasteiger partial charge is 0.379 e. The van der Waals surface area contributed by atoms with E-state index in [4.69, 9.17) is 4.74 Å². The first-order valence-electron chi connectivity index (χ1n) is 14.0. The lowest BCUT2D eigenvalue weighted by atomic mass is 9.97. The molecule has 13 heteroatoms. The number of carbonyl (C=O) groups excluding carboxylic acids is 1. The monoisotopic (exact) mass is 675 g/mol. The molecule has 0 N–H and O–H groups in total. The highest BCUT2D eigenvalue weighted by Crippen LogP contribution is 2.37. The summed E-state index contributed by atoms with van der Waals surface area (Å²) >= 11 is 0. The Morgan fingerprint density at radius 2 is 1.36 bits per heavy atom. The number of alkyl halides is 6. The molecule has 244 valence electrons. The van der Waals surface area contributed by atoms with E-state index in [1.54, 1.807) is 0 Å². The summed E-state index contributed by atoms with van der Waals surface area (Å²) in [6.45, 7) is 4.91. The van der Waals surface area contributed by atoms with Crippen molar-refractivity contribution >= 4 is 41.5 Å². The van der Waals surface area contributed by atoms with Gasteiger partial charge in [0.1, 0.15) is 0 Å². The van der Waals surface area contributed by atoms with Gasteiger partial charge in [-0.05, 0) is 41.0 Å². The number of carbonyl (C=O) groups is 1. The lowest BCUT2D eigenvalue weighted by Gasteiger charge is -2.41. The summed E-state index contributed by atoms with van der Waals surface area (Å²) in [4.78, 5) is 19.3. The van der Waals surface area contributed by atoms with Crippen LogP contribution in [0.15, 0.2) is 60.7 Å². The number of hydrogen-bond acceptors (Lipinski definition) is 4. The zero-order chi connectivity index (χ0) is 30.6. The number of halogens is 8. The van der Waals surface area contributed by atoms with Gasteiger partial charge in [0.05, 0.1) is 37.4 Å². The standard InChI is InChI=1S/C32H31F6N3O2.2ClH/c33-31(34,35)27-19-26(20-28(21-27)32(36,37)38)30(42)41-12-11-40(10-4-3-9-39-13-15-43-16-14-39)22-29(41)18-23-7-8-24-5-1-2-6-25(24)17-23;;/h1-2,5-8,17,19-21,29H,9-16,18,22H2;2*1H/t29-;;/m1../s1. The van der Waals surface area contributed by atoms with Gasteiger partial charge in [-0.3, -0.25) is 14.6 Å². The van der Waals surface area contributed by atoms with E-state index in [0.29, 0.717) is 57.9 Å². The van der Waals surface area contributed by atoms with Crippen LogP contribution in [0.3, 0.4) is 0 Å². The number of amides is 1. The Kier molecular flexibility index (Phi) is 12.6. The van der Waals surface area contributed by atoms with Gasteiger partial charge in [0, 0.05) is 44.3 Å². The second-order valence-corrected chi connectivity index (χ2v) is 10.8. The summed E-state index contributed by atoms with van der Waals surface area (Å²) in [6, 6.07) is 14.2. The highest BCUT2D eigenvalue weighted by molar-refractivity contribution is 5.95. The van der Waals surface area contributed by atoms with Gasteiger partial charge in [-0.1, -0.05) is 54.3 Å². The van der Waals surface area contributed by atoms with Crippen LogP contribution in [0.1, 0.15) is 27.0 Å². The number of hydrogen-bond donors (Lipinski definition) is 0. The van der Waals surface area contributed by atoms with Gasteiger partial charge in [0.25, 0.3) is 5.91 Å². The highest BCUT2D eigenvalue weighted by atomic mass is 35.5. The second-order valence-electron chi connectivity index (χ2n) is 10.8. The van der Waals surface area contributed by atoms with Gasteiger partial charge in [-0.25, -0.2) is 0 Å². The first kappa shape index (κ1) is 36.5. The van der Waals surface area contributed by atoms with Gasteiger partial charge >= 0.3 is 12.4 Å². The number of rotatable bonds is 5. The van der Waals surface area contributed by atoms with E-state index in [-0.39, 0.29) is 37.4 Å². The Balaban J connectivity index is 0.00000276. The molecule has 2 aliphatic heterocycles. The third kappa shape index (κ3) is 9.50. The predicted molar refractivity (Wildman–Crippen MR) is 165 cm³/mol. The molecule has 3 aromatic carbocycles. The van der Waals surface area contributed by atoms with Crippen LogP contribution in [0.5, 0.6) is 0 Å². The minimum absolute atomic E-state index is 0. The van der Waals surface area contributed by atoms with Crippen molar-refractivity contribution in [2.75, 3.05) is 59.0 Å². The maximum atomic E-state index is 13.6. The molecule has 2 saturated heterocycles. The molecular weight excluding hydrogens is 643 g/mol. The number of ether oxygens (including phenoxy) is 1. The SMILES string of the molecule is Cl.Cl.O=C(c1cc(C(F)(F)F)cc(C(F)(F)F)c1)N1CCN(CC#CCN2CCOCC2)C[C@H]1Cc1ccc2ccccc2c1. The molecule has 2 heterocycles. The van der Waals surface area contributed by atoms with Crippen molar-refractivity contribution in [3.05, 3.63) is 82.9 Å². The van der Waals surface area contributed by atoms with Crippen molar-refractivity contribution in [3.63, 3.8) is 0 Å². The van der Waals surface area contributed by atoms with E-state index in [0.717, 1.165) is 29.4 Å². The topological polar surface area (TPSA) is 36.0 Å². The van der Waals surface area contributed by atoms with Crippen LogP contribution in [-0.4, -0.2) is 85.7 Å². The van der Waals surface area contributed by atoms with E-state index in [1.165, 1.54) is 4.90 Å². The molecule has 0 unspecified atom stereocenters. The van der Waals surface area contributed by atoms with E-state index < -0.39 is 41.0 Å². The van der Waals surface area contributed by atoms with Gasteiger partial charge in [-0.15, -0.1) is 24.8 Å². The first-order chi connectivity index (χ1) is 20.5. The molecule has 0 bridgehead atoms. The fraction of sp³-hybridized carbons (Fsp3) is 0.406. The average Bonchev–Trinajstić information content (AvgIpc) is 2.98. The molecule has 0 aromatic heterocycles. The molecular formula is C32H33Cl2F6N3O2. The van der Waals surface area contributed by atoms with Gasteiger partial charge in [0.2, 0.25) is 0 Å². The van der Waals surface area contributed by atoms with Crippen LogP contribution in [-0.2, 0) is 23.5 Å². The number of benzene rings is 3. The van der Waals surface area contributed by atoms with Crippen LogP contribution in [0.25, 0.3) is 10.8 Å². The molecule has 5 nitrogen and oxygen atoms in total. The van der Waals surface area contributed by atoms with Crippen molar-refractivity contribution in [2.24, 2.45) is 0 Å². The minimum atomic E-state index is -5.04. The molecule has 3 aromatic rings. The lowest BCUT2D eigenvalue weighted by Crippen LogP contribution is -2.56. The number of fused-ring (bicyclic) bond motifs is 1. The number of morpholine rings is 1.